The summed E-state index contributed by atoms with van der Waals surface area (Å²) in [5, 5.41) is 29.8. The predicted octanol–water partition coefficient (Wildman–Crippen LogP) is 2.53. The van der Waals surface area contributed by atoms with Crippen molar-refractivity contribution in [3.63, 3.8) is 0 Å². The van der Waals surface area contributed by atoms with Gasteiger partial charge in [-0.2, -0.15) is 0 Å². The minimum Gasteiger partial charge on any atom is -0.506 e. The molecule has 0 saturated carbocycles. The van der Waals surface area contributed by atoms with E-state index in [0.29, 0.717) is 34.5 Å². The van der Waals surface area contributed by atoms with E-state index in [4.69, 9.17) is 0 Å². The molecule has 8 heteroatoms. The van der Waals surface area contributed by atoms with Crippen LogP contribution in [0.3, 0.4) is 0 Å². The minimum absolute atomic E-state index is 0.0777. The van der Waals surface area contributed by atoms with Gasteiger partial charge < -0.3 is 20.2 Å². The van der Waals surface area contributed by atoms with E-state index in [-0.39, 0.29) is 29.4 Å². The molecule has 136 valence electrons. The molecule has 7 nitrogen and oxygen atoms in total. The predicted molar refractivity (Wildman–Crippen MR) is 93.8 cm³/mol. The number of aliphatic hydroxyl groups excluding tert-OH is 1. The zero-order valence-electron chi connectivity index (χ0n) is 14.5. The molecule has 1 atom stereocenters. The molecule has 2 heterocycles. The zero-order valence-corrected chi connectivity index (χ0v) is 15.4. The summed E-state index contributed by atoms with van der Waals surface area (Å²) in [5.41, 5.74) is 2.34. The van der Waals surface area contributed by atoms with Crippen LogP contribution in [0.5, 0.6) is 11.5 Å². The smallest absolute Gasteiger partial charge is 0.209 e. The molecule has 0 radical (unpaired) electrons. The number of aromatic hydroxyl groups is 2. The van der Waals surface area contributed by atoms with Crippen LogP contribution in [0.2, 0.25) is 0 Å². The maximum atomic E-state index is 12.8. The molecule has 0 aliphatic rings. The highest BCUT2D eigenvalue weighted by atomic mass is 31.2. The van der Waals surface area contributed by atoms with Crippen LogP contribution in [0.15, 0.2) is 12.4 Å². The quantitative estimate of drug-likeness (QED) is 0.579. The van der Waals surface area contributed by atoms with Crippen molar-refractivity contribution in [2.75, 3.05) is 0 Å². The third-order valence-corrected chi connectivity index (χ3v) is 5.84. The topological polar surface area (TPSA) is 124 Å². The standard InChI is InChI=1S/C17H23N2O5P/c1-4-12-5-18-10(2)16(21)14(12)8-25(23,24)9-15-13(7-20)6-19-11(3)17(15)22/h5-6,20-22H,4,7-9H2,1-3H3,(H,23,24). The Balaban J connectivity index is 2.41. The highest BCUT2D eigenvalue weighted by molar-refractivity contribution is 7.56. The SMILES string of the molecule is CCc1cnc(C)c(O)c1CP(=O)(O)Cc1c(CO)cnc(C)c1O. The Hall–Kier alpha value is -1.95. The molecule has 0 spiro atoms. The van der Waals surface area contributed by atoms with Crippen molar-refractivity contribution in [1.29, 1.82) is 0 Å². The monoisotopic (exact) mass is 366 g/mol. The van der Waals surface area contributed by atoms with Gasteiger partial charge in [0.05, 0.1) is 30.3 Å². The Kier molecular flexibility index (Phi) is 5.83. The van der Waals surface area contributed by atoms with Crippen LogP contribution < -0.4 is 0 Å². The van der Waals surface area contributed by atoms with Crippen molar-refractivity contribution in [2.45, 2.75) is 46.1 Å². The maximum absolute atomic E-state index is 12.8. The first-order valence-electron chi connectivity index (χ1n) is 7.94. The van der Waals surface area contributed by atoms with Gasteiger partial charge >= 0.3 is 0 Å². The van der Waals surface area contributed by atoms with E-state index >= 15 is 0 Å². The van der Waals surface area contributed by atoms with Crippen LogP contribution in [0.4, 0.5) is 0 Å². The number of hydrogen-bond donors (Lipinski definition) is 4. The van der Waals surface area contributed by atoms with Crippen LogP contribution in [-0.4, -0.2) is 30.2 Å². The molecule has 2 aromatic rings. The first kappa shape index (κ1) is 19.4. The molecule has 2 aromatic heterocycles. The average Bonchev–Trinajstić information content (AvgIpc) is 2.56. The Morgan fingerprint density at radius 3 is 1.84 bits per heavy atom. The number of aromatic nitrogens is 2. The number of hydrogen-bond acceptors (Lipinski definition) is 6. The van der Waals surface area contributed by atoms with Crippen molar-refractivity contribution in [3.8, 4) is 11.5 Å². The Bertz CT molecular complexity index is 773. The first-order chi connectivity index (χ1) is 11.7. The van der Waals surface area contributed by atoms with Gasteiger partial charge in [-0.15, -0.1) is 0 Å². The molecule has 0 saturated heterocycles. The molecule has 25 heavy (non-hydrogen) atoms. The van der Waals surface area contributed by atoms with Crippen LogP contribution in [-0.2, 0) is 29.9 Å². The van der Waals surface area contributed by atoms with E-state index < -0.39 is 14.0 Å². The summed E-state index contributed by atoms with van der Waals surface area (Å²) in [6.07, 6.45) is 2.99. The van der Waals surface area contributed by atoms with Crippen molar-refractivity contribution >= 4 is 7.37 Å². The summed E-state index contributed by atoms with van der Waals surface area (Å²) in [6.45, 7) is 4.69. The van der Waals surface area contributed by atoms with E-state index in [1.807, 2.05) is 6.92 Å². The van der Waals surface area contributed by atoms with Crippen molar-refractivity contribution in [3.05, 3.63) is 46.0 Å². The van der Waals surface area contributed by atoms with Gasteiger partial charge in [-0.25, -0.2) is 0 Å². The number of nitrogens with zero attached hydrogens (tertiary/aromatic N) is 2. The van der Waals surface area contributed by atoms with Crippen LogP contribution in [0.25, 0.3) is 0 Å². The lowest BCUT2D eigenvalue weighted by Crippen LogP contribution is -2.03. The zero-order chi connectivity index (χ0) is 18.8. The van der Waals surface area contributed by atoms with Crippen molar-refractivity contribution in [2.24, 2.45) is 0 Å². The summed E-state index contributed by atoms with van der Waals surface area (Å²) in [7, 11) is -3.80. The minimum atomic E-state index is -3.80. The second kappa shape index (κ2) is 7.52. The Morgan fingerprint density at radius 2 is 1.40 bits per heavy atom. The van der Waals surface area contributed by atoms with E-state index in [2.05, 4.69) is 9.97 Å². The highest BCUT2D eigenvalue weighted by Crippen LogP contribution is 2.52. The second-order valence-corrected chi connectivity index (χ2v) is 8.39. The largest absolute Gasteiger partial charge is 0.506 e. The van der Waals surface area contributed by atoms with Crippen LogP contribution in [0, 0.1) is 13.8 Å². The van der Waals surface area contributed by atoms with Crippen LogP contribution >= 0.6 is 7.37 Å². The highest BCUT2D eigenvalue weighted by Gasteiger charge is 2.27. The van der Waals surface area contributed by atoms with E-state index in [1.54, 1.807) is 20.0 Å². The van der Waals surface area contributed by atoms with Crippen LogP contribution in [0.1, 0.15) is 40.6 Å². The molecular weight excluding hydrogens is 343 g/mol. The number of pyridine rings is 2. The van der Waals surface area contributed by atoms with Gasteiger partial charge in [-0.1, -0.05) is 6.92 Å². The van der Waals surface area contributed by atoms with Gasteiger partial charge in [0, 0.05) is 29.1 Å². The van der Waals surface area contributed by atoms with E-state index in [1.165, 1.54) is 6.20 Å². The van der Waals surface area contributed by atoms with Crippen molar-refractivity contribution in [1.82, 2.24) is 9.97 Å². The number of aryl methyl sites for hydroxylation is 3. The normalized spacial score (nSPS) is 13.6. The molecule has 0 amide bonds. The molecule has 0 bridgehead atoms. The summed E-state index contributed by atoms with van der Waals surface area (Å²) < 4.78 is 12.8. The summed E-state index contributed by atoms with van der Waals surface area (Å²) >= 11 is 0. The second-order valence-electron chi connectivity index (χ2n) is 6.07. The van der Waals surface area contributed by atoms with Gasteiger partial charge in [0.1, 0.15) is 11.5 Å². The molecular formula is C17H23N2O5P. The first-order valence-corrected chi connectivity index (χ1v) is 9.97. The molecule has 1 unspecified atom stereocenters. The van der Waals surface area contributed by atoms with Gasteiger partial charge in [-0.3, -0.25) is 14.5 Å². The molecule has 2 rings (SSSR count). The molecule has 0 aliphatic carbocycles. The summed E-state index contributed by atoms with van der Waals surface area (Å²) in [4.78, 5) is 18.5. The number of aliphatic hydroxyl groups is 1. The molecule has 0 aromatic carbocycles. The average molecular weight is 366 g/mol. The van der Waals surface area contributed by atoms with Gasteiger partial charge in [0.25, 0.3) is 0 Å². The van der Waals surface area contributed by atoms with Gasteiger partial charge in [0.2, 0.25) is 7.37 Å². The fourth-order valence-corrected chi connectivity index (χ4v) is 4.52. The Labute approximate surface area is 146 Å². The maximum Gasteiger partial charge on any atom is 0.209 e. The summed E-state index contributed by atoms with van der Waals surface area (Å²) in [6, 6.07) is 0. The fraction of sp³-hybridized carbons (Fsp3) is 0.412. The third kappa shape index (κ3) is 4.18. The summed E-state index contributed by atoms with van der Waals surface area (Å²) in [5.74, 6) is -0.266. The molecule has 0 fully saturated rings. The Morgan fingerprint density at radius 1 is 0.960 bits per heavy atom. The van der Waals surface area contributed by atoms with Crippen molar-refractivity contribution < 1.29 is 24.8 Å². The molecule has 4 N–H and O–H groups in total. The lowest BCUT2D eigenvalue weighted by molar-refractivity contribution is 0.279. The van der Waals surface area contributed by atoms with E-state index in [0.717, 1.165) is 0 Å². The third-order valence-electron chi connectivity index (χ3n) is 4.22. The van der Waals surface area contributed by atoms with Gasteiger partial charge in [0.15, 0.2) is 0 Å². The lowest BCUT2D eigenvalue weighted by Gasteiger charge is -2.18. The van der Waals surface area contributed by atoms with Gasteiger partial charge in [-0.05, 0) is 25.8 Å². The van der Waals surface area contributed by atoms with E-state index in [9.17, 15) is 24.8 Å². The fourth-order valence-electron chi connectivity index (χ4n) is 2.71. The lowest BCUT2D eigenvalue weighted by atomic mass is 10.1. The number of rotatable bonds is 6. The molecule has 0 aliphatic heterocycles.